The second-order valence-corrected chi connectivity index (χ2v) is 6.03. The van der Waals surface area contributed by atoms with Crippen molar-refractivity contribution in [1.82, 2.24) is 9.88 Å². The molecule has 2 rings (SSSR count). The van der Waals surface area contributed by atoms with Crippen molar-refractivity contribution in [1.29, 1.82) is 0 Å². The molecule has 1 heterocycles. The molecule has 0 aliphatic carbocycles. The molecule has 0 radical (unpaired) electrons. The third-order valence-electron chi connectivity index (χ3n) is 3.99. The summed E-state index contributed by atoms with van der Waals surface area (Å²) in [7, 11) is 1.83. The van der Waals surface area contributed by atoms with E-state index in [4.69, 9.17) is 0 Å². The number of anilines is 1. The minimum absolute atomic E-state index is 0.0147. The quantitative estimate of drug-likeness (QED) is 0.709. The number of hydrogen-bond donors (Lipinski definition) is 1. The van der Waals surface area contributed by atoms with Gasteiger partial charge >= 0.3 is 0 Å². The second-order valence-electron chi connectivity index (χ2n) is 6.03. The first-order chi connectivity index (χ1) is 11.7. The van der Waals surface area contributed by atoms with E-state index in [-0.39, 0.29) is 5.91 Å². The van der Waals surface area contributed by atoms with Crippen LogP contribution in [-0.4, -0.2) is 35.9 Å². The molecule has 0 aliphatic rings. The highest BCUT2D eigenvalue weighted by Crippen LogP contribution is 2.09. The van der Waals surface area contributed by atoms with Crippen molar-refractivity contribution in [3.8, 4) is 0 Å². The van der Waals surface area contributed by atoms with Gasteiger partial charge in [-0.1, -0.05) is 43.7 Å². The van der Waals surface area contributed by atoms with Gasteiger partial charge in [0.25, 0.3) is 5.91 Å². The van der Waals surface area contributed by atoms with Gasteiger partial charge in [0.15, 0.2) is 0 Å². The number of pyridine rings is 1. The van der Waals surface area contributed by atoms with Crippen molar-refractivity contribution in [2.45, 2.75) is 32.6 Å². The highest BCUT2D eigenvalue weighted by atomic mass is 16.2. The van der Waals surface area contributed by atoms with Gasteiger partial charge in [-0.15, -0.1) is 0 Å². The predicted molar refractivity (Wildman–Crippen MR) is 99.4 cm³/mol. The number of rotatable bonds is 9. The SMILES string of the molecule is CCCCN(C)C(=O)c1ccc(NCCCc2ccccc2)cn1. The van der Waals surface area contributed by atoms with Crippen molar-refractivity contribution >= 4 is 11.6 Å². The fourth-order valence-corrected chi connectivity index (χ4v) is 2.49. The Labute approximate surface area is 144 Å². The fourth-order valence-electron chi connectivity index (χ4n) is 2.49. The van der Waals surface area contributed by atoms with Gasteiger partial charge in [-0.3, -0.25) is 4.79 Å². The van der Waals surface area contributed by atoms with Gasteiger partial charge in [-0.25, -0.2) is 4.98 Å². The van der Waals surface area contributed by atoms with Crippen LogP contribution in [-0.2, 0) is 6.42 Å². The van der Waals surface area contributed by atoms with Gasteiger partial charge in [-0.05, 0) is 37.0 Å². The van der Waals surface area contributed by atoms with Crippen molar-refractivity contribution in [3.63, 3.8) is 0 Å². The molecule has 0 fully saturated rings. The Morgan fingerprint density at radius 2 is 1.92 bits per heavy atom. The molecule has 4 nitrogen and oxygen atoms in total. The molecular formula is C20H27N3O. The van der Waals surface area contributed by atoms with Crippen LogP contribution in [0.1, 0.15) is 42.2 Å². The standard InChI is InChI=1S/C20H27N3O/c1-3-4-15-23(2)20(24)19-13-12-18(16-22-19)21-14-8-11-17-9-6-5-7-10-17/h5-7,9-10,12-13,16,21H,3-4,8,11,14-15H2,1-2H3. The van der Waals surface area contributed by atoms with Gasteiger partial charge in [0.2, 0.25) is 0 Å². The van der Waals surface area contributed by atoms with Crippen molar-refractivity contribution in [2.75, 3.05) is 25.5 Å². The number of nitrogens with one attached hydrogen (secondary N) is 1. The first kappa shape index (κ1) is 18.0. The number of amides is 1. The van der Waals surface area contributed by atoms with Crippen LogP contribution in [0, 0.1) is 0 Å². The van der Waals surface area contributed by atoms with E-state index in [1.165, 1.54) is 5.56 Å². The number of hydrogen-bond acceptors (Lipinski definition) is 3. The van der Waals surface area contributed by atoms with Gasteiger partial charge in [0.1, 0.15) is 5.69 Å². The predicted octanol–water partition coefficient (Wildman–Crippen LogP) is 4.00. The maximum Gasteiger partial charge on any atom is 0.272 e. The Kier molecular flexibility index (Phi) is 7.27. The van der Waals surface area contributed by atoms with E-state index in [0.717, 1.165) is 44.5 Å². The Hall–Kier alpha value is -2.36. The fraction of sp³-hybridized carbons (Fsp3) is 0.400. The lowest BCUT2D eigenvalue weighted by atomic mass is 10.1. The molecule has 1 N–H and O–H groups in total. The highest BCUT2D eigenvalue weighted by molar-refractivity contribution is 5.92. The van der Waals surface area contributed by atoms with Crippen molar-refractivity contribution < 1.29 is 4.79 Å². The third-order valence-corrected chi connectivity index (χ3v) is 3.99. The minimum atomic E-state index is -0.0147. The van der Waals surface area contributed by atoms with Gasteiger partial charge in [0, 0.05) is 20.1 Å². The highest BCUT2D eigenvalue weighted by Gasteiger charge is 2.12. The summed E-state index contributed by atoms with van der Waals surface area (Å²) in [6.45, 7) is 3.78. The lowest BCUT2D eigenvalue weighted by Gasteiger charge is -2.16. The number of benzene rings is 1. The average Bonchev–Trinajstić information content (AvgIpc) is 2.64. The molecule has 1 amide bonds. The Balaban J connectivity index is 1.76. The zero-order valence-corrected chi connectivity index (χ0v) is 14.7. The molecule has 0 atom stereocenters. The summed E-state index contributed by atoms with van der Waals surface area (Å²) in [5.74, 6) is -0.0147. The number of carbonyl (C=O) groups is 1. The van der Waals surface area contributed by atoms with E-state index >= 15 is 0 Å². The number of aryl methyl sites for hydroxylation is 1. The smallest absolute Gasteiger partial charge is 0.272 e. The van der Waals surface area contributed by atoms with Crippen LogP contribution in [0.15, 0.2) is 48.7 Å². The largest absolute Gasteiger partial charge is 0.384 e. The maximum absolute atomic E-state index is 12.2. The number of nitrogens with zero attached hydrogens (tertiary/aromatic N) is 2. The zero-order chi connectivity index (χ0) is 17.2. The number of carbonyl (C=O) groups excluding carboxylic acids is 1. The maximum atomic E-state index is 12.2. The molecule has 2 aromatic rings. The summed E-state index contributed by atoms with van der Waals surface area (Å²) in [4.78, 5) is 18.2. The van der Waals surface area contributed by atoms with E-state index in [2.05, 4.69) is 41.5 Å². The van der Waals surface area contributed by atoms with Crippen LogP contribution < -0.4 is 5.32 Å². The molecule has 0 bridgehead atoms. The Bertz CT molecular complexity index is 611. The minimum Gasteiger partial charge on any atom is -0.384 e. The summed E-state index contributed by atoms with van der Waals surface area (Å²) in [6.07, 6.45) is 5.95. The van der Waals surface area contributed by atoms with E-state index < -0.39 is 0 Å². The molecule has 128 valence electrons. The lowest BCUT2D eigenvalue weighted by molar-refractivity contribution is 0.0787. The molecule has 1 aromatic heterocycles. The van der Waals surface area contributed by atoms with E-state index in [1.807, 2.05) is 19.2 Å². The summed E-state index contributed by atoms with van der Waals surface area (Å²) in [5.41, 5.74) is 2.81. The molecule has 0 unspecified atom stereocenters. The molecule has 1 aromatic carbocycles. The molecule has 0 spiro atoms. The summed E-state index contributed by atoms with van der Waals surface area (Å²) < 4.78 is 0. The first-order valence-electron chi connectivity index (χ1n) is 8.70. The Morgan fingerprint density at radius 1 is 1.12 bits per heavy atom. The van der Waals surface area contributed by atoms with E-state index in [0.29, 0.717) is 5.69 Å². The molecule has 0 aliphatic heterocycles. The first-order valence-corrected chi connectivity index (χ1v) is 8.70. The van der Waals surface area contributed by atoms with Crippen LogP contribution in [0.4, 0.5) is 5.69 Å². The van der Waals surface area contributed by atoms with Crippen molar-refractivity contribution in [2.24, 2.45) is 0 Å². The van der Waals surface area contributed by atoms with Crippen LogP contribution in [0.3, 0.4) is 0 Å². The van der Waals surface area contributed by atoms with E-state index in [1.54, 1.807) is 17.2 Å². The van der Waals surface area contributed by atoms with Crippen LogP contribution in [0.25, 0.3) is 0 Å². The monoisotopic (exact) mass is 325 g/mol. The zero-order valence-electron chi connectivity index (χ0n) is 14.7. The van der Waals surface area contributed by atoms with Gasteiger partial charge in [0.05, 0.1) is 11.9 Å². The Morgan fingerprint density at radius 3 is 2.58 bits per heavy atom. The van der Waals surface area contributed by atoms with E-state index in [9.17, 15) is 4.79 Å². The molecule has 4 heteroatoms. The third kappa shape index (κ3) is 5.69. The average molecular weight is 325 g/mol. The summed E-state index contributed by atoms with van der Waals surface area (Å²) >= 11 is 0. The van der Waals surface area contributed by atoms with Crippen LogP contribution >= 0.6 is 0 Å². The topological polar surface area (TPSA) is 45.2 Å². The normalized spacial score (nSPS) is 10.4. The molecule has 24 heavy (non-hydrogen) atoms. The summed E-state index contributed by atoms with van der Waals surface area (Å²) in [5, 5.41) is 3.36. The lowest BCUT2D eigenvalue weighted by Crippen LogP contribution is -2.28. The van der Waals surface area contributed by atoms with Gasteiger partial charge < -0.3 is 10.2 Å². The molecule has 0 saturated carbocycles. The number of unbranched alkanes of at least 4 members (excludes halogenated alkanes) is 1. The van der Waals surface area contributed by atoms with Crippen LogP contribution in [0.5, 0.6) is 0 Å². The summed E-state index contributed by atoms with van der Waals surface area (Å²) in [6, 6.07) is 14.2. The molecular weight excluding hydrogens is 298 g/mol. The second kappa shape index (κ2) is 9.71. The van der Waals surface area contributed by atoms with Crippen molar-refractivity contribution in [3.05, 3.63) is 59.9 Å². The number of aromatic nitrogens is 1. The molecule has 0 saturated heterocycles. The van der Waals surface area contributed by atoms with Gasteiger partial charge in [-0.2, -0.15) is 0 Å². The van der Waals surface area contributed by atoms with Crippen LogP contribution in [0.2, 0.25) is 0 Å².